The Balaban J connectivity index is 1.74. The largest absolute Gasteiger partial charge is 0.493 e. The van der Waals surface area contributed by atoms with E-state index in [-0.39, 0.29) is 5.91 Å². The highest BCUT2D eigenvalue weighted by atomic mass is 32.2. The van der Waals surface area contributed by atoms with Crippen molar-refractivity contribution in [1.29, 1.82) is 0 Å². The number of benzene rings is 3. The van der Waals surface area contributed by atoms with Crippen molar-refractivity contribution in [2.45, 2.75) is 6.92 Å². The number of carbonyl (C=O) groups excluding carboxylic acids is 1. The summed E-state index contributed by atoms with van der Waals surface area (Å²) >= 11 is 1.34. The van der Waals surface area contributed by atoms with E-state index >= 15 is 0 Å². The monoisotopic (exact) mass is 374 g/mol. The van der Waals surface area contributed by atoms with Crippen LogP contribution < -0.4 is 10.1 Å². The summed E-state index contributed by atoms with van der Waals surface area (Å²) in [6.07, 6.45) is 1.89. The molecule has 0 aliphatic carbocycles. The minimum atomic E-state index is -0.148. The summed E-state index contributed by atoms with van der Waals surface area (Å²) in [5.74, 6) is 0.621. The predicted octanol–water partition coefficient (Wildman–Crippen LogP) is 5.13. The molecule has 1 aliphatic rings. The predicted molar refractivity (Wildman–Crippen MR) is 112 cm³/mol. The number of fused-ring (bicyclic) bond motifs is 1. The van der Waals surface area contributed by atoms with Gasteiger partial charge in [0.2, 0.25) is 0 Å². The van der Waals surface area contributed by atoms with E-state index in [9.17, 15) is 4.79 Å². The number of thioether (sulfide) groups is 1. The summed E-state index contributed by atoms with van der Waals surface area (Å²) < 4.78 is 5.80. The van der Waals surface area contributed by atoms with Crippen LogP contribution in [0.25, 0.3) is 16.8 Å². The molecule has 0 aromatic heterocycles. The van der Waals surface area contributed by atoms with Crippen molar-refractivity contribution in [1.82, 2.24) is 5.32 Å². The molecule has 0 atom stereocenters. The van der Waals surface area contributed by atoms with Crippen LogP contribution >= 0.6 is 11.8 Å². The third-order valence-electron chi connectivity index (χ3n) is 4.14. The molecule has 27 heavy (non-hydrogen) atoms. The van der Waals surface area contributed by atoms with Gasteiger partial charge in [-0.2, -0.15) is 0 Å². The zero-order valence-electron chi connectivity index (χ0n) is 14.8. The number of nitrogens with zero attached hydrogens (tertiary/aromatic N) is 1. The Labute approximate surface area is 162 Å². The Morgan fingerprint density at radius 3 is 2.63 bits per heavy atom. The van der Waals surface area contributed by atoms with Crippen molar-refractivity contribution in [3.63, 3.8) is 0 Å². The first-order chi connectivity index (χ1) is 13.2. The molecule has 1 heterocycles. The van der Waals surface area contributed by atoms with Gasteiger partial charge in [-0.3, -0.25) is 4.79 Å². The standard InChI is InChI=1S/C22H18N2O2S/c1-2-26-19-13-12-15-8-6-7-11-17(15)18(19)14-20-21(25)24-22(27-20)23-16-9-4-3-5-10-16/h3-14H,2H2,1H3,(H,23,24,25). The van der Waals surface area contributed by atoms with Crippen molar-refractivity contribution in [3.8, 4) is 5.75 Å². The maximum absolute atomic E-state index is 12.5. The zero-order valence-corrected chi connectivity index (χ0v) is 15.6. The summed E-state index contributed by atoms with van der Waals surface area (Å²) in [5.41, 5.74) is 1.72. The molecule has 1 fully saturated rings. The maximum Gasteiger partial charge on any atom is 0.264 e. The lowest BCUT2D eigenvalue weighted by atomic mass is 10.0. The highest BCUT2D eigenvalue weighted by Gasteiger charge is 2.24. The van der Waals surface area contributed by atoms with E-state index in [0.717, 1.165) is 27.8 Å². The third-order valence-corrected chi connectivity index (χ3v) is 5.05. The normalized spacial score (nSPS) is 16.9. The Morgan fingerprint density at radius 2 is 1.81 bits per heavy atom. The van der Waals surface area contributed by atoms with Gasteiger partial charge in [0.05, 0.1) is 17.2 Å². The van der Waals surface area contributed by atoms with Gasteiger partial charge in [-0.05, 0) is 53.7 Å². The molecule has 0 spiro atoms. The number of amides is 1. The smallest absolute Gasteiger partial charge is 0.264 e. The van der Waals surface area contributed by atoms with Gasteiger partial charge in [0.25, 0.3) is 5.91 Å². The topological polar surface area (TPSA) is 50.7 Å². The van der Waals surface area contributed by atoms with Gasteiger partial charge in [0.15, 0.2) is 5.17 Å². The van der Waals surface area contributed by atoms with Crippen LogP contribution in [0.3, 0.4) is 0 Å². The number of para-hydroxylation sites is 1. The molecule has 0 bridgehead atoms. The summed E-state index contributed by atoms with van der Waals surface area (Å²) in [7, 11) is 0. The Hall–Kier alpha value is -3.05. The quantitative estimate of drug-likeness (QED) is 0.644. The second-order valence-electron chi connectivity index (χ2n) is 5.95. The minimum absolute atomic E-state index is 0.148. The van der Waals surface area contributed by atoms with E-state index in [2.05, 4.69) is 16.4 Å². The van der Waals surface area contributed by atoms with Crippen molar-refractivity contribution < 1.29 is 9.53 Å². The number of rotatable bonds is 4. The molecule has 134 valence electrons. The minimum Gasteiger partial charge on any atom is -0.493 e. The second kappa shape index (κ2) is 7.68. The van der Waals surface area contributed by atoms with Gasteiger partial charge >= 0.3 is 0 Å². The number of aliphatic imine (C=N–C) groups is 1. The zero-order chi connectivity index (χ0) is 18.6. The molecule has 4 rings (SSSR count). The van der Waals surface area contributed by atoms with Gasteiger partial charge in [-0.15, -0.1) is 0 Å². The van der Waals surface area contributed by atoms with Gasteiger partial charge in [0, 0.05) is 5.56 Å². The summed E-state index contributed by atoms with van der Waals surface area (Å²) in [6.45, 7) is 2.52. The van der Waals surface area contributed by atoms with E-state index in [0.29, 0.717) is 16.7 Å². The molecule has 0 saturated carbocycles. The fourth-order valence-electron chi connectivity index (χ4n) is 2.94. The van der Waals surface area contributed by atoms with Crippen LogP contribution in [0.4, 0.5) is 5.69 Å². The summed E-state index contributed by atoms with van der Waals surface area (Å²) in [5, 5.41) is 5.58. The molecule has 0 radical (unpaired) electrons. The van der Waals surface area contributed by atoms with E-state index < -0.39 is 0 Å². The SMILES string of the molecule is CCOc1ccc2ccccc2c1C=C1SC(=Nc2ccccc2)NC1=O. The Kier molecular flexibility index (Phi) is 4.94. The van der Waals surface area contributed by atoms with Crippen LogP contribution in [-0.2, 0) is 4.79 Å². The maximum atomic E-state index is 12.5. The number of hydrogen-bond donors (Lipinski definition) is 1. The Morgan fingerprint density at radius 1 is 1.04 bits per heavy atom. The number of carbonyl (C=O) groups is 1. The third kappa shape index (κ3) is 3.73. The molecule has 3 aromatic carbocycles. The highest BCUT2D eigenvalue weighted by Crippen LogP contribution is 2.34. The number of amidine groups is 1. The molecule has 5 heteroatoms. The molecule has 4 nitrogen and oxygen atoms in total. The van der Waals surface area contributed by atoms with E-state index in [1.54, 1.807) is 0 Å². The van der Waals surface area contributed by atoms with Crippen molar-refractivity contribution in [2.24, 2.45) is 4.99 Å². The van der Waals surface area contributed by atoms with Gasteiger partial charge in [-0.25, -0.2) is 4.99 Å². The van der Waals surface area contributed by atoms with Crippen molar-refractivity contribution in [3.05, 3.63) is 77.2 Å². The molecule has 1 amide bonds. The molecular formula is C22H18N2O2S. The average molecular weight is 374 g/mol. The number of ether oxygens (including phenoxy) is 1. The Bertz CT molecular complexity index is 1060. The molecule has 1 N–H and O–H groups in total. The number of nitrogens with one attached hydrogen (secondary N) is 1. The lowest BCUT2D eigenvalue weighted by Gasteiger charge is -2.11. The van der Waals surface area contributed by atoms with Crippen LogP contribution in [0.1, 0.15) is 12.5 Å². The van der Waals surface area contributed by atoms with Gasteiger partial charge in [0.1, 0.15) is 5.75 Å². The van der Waals surface area contributed by atoms with Crippen LogP contribution in [0, 0.1) is 0 Å². The lowest BCUT2D eigenvalue weighted by Crippen LogP contribution is -2.19. The van der Waals surface area contributed by atoms with E-state index in [1.807, 2.05) is 73.7 Å². The van der Waals surface area contributed by atoms with Crippen LogP contribution in [0.5, 0.6) is 5.75 Å². The van der Waals surface area contributed by atoms with Crippen LogP contribution in [-0.4, -0.2) is 17.7 Å². The molecule has 0 unspecified atom stereocenters. The van der Waals surface area contributed by atoms with Gasteiger partial charge in [-0.1, -0.05) is 48.5 Å². The number of hydrogen-bond acceptors (Lipinski definition) is 4. The van der Waals surface area contributed by atoms with Crippen LogP contribution in [0.2, 0.25) is 0 Å². The molecule has 1 saturated heterocycles. The average Bonchev–Trinajstić information content (AvgIpc) is 3.03. The highest BCUT2D eigenvalue weighted by molar-refractivity contribution is 8.18. The van der Waals surface area contributed by atoms with Crippen LogP contribution in [0.15, 0.2) is 76.6 Å². The van der Waals surface area contributed by atoms with Crippen molar-refractivity contribution in [2.75, 3.05) is 6.61 Å². The first-order valence-electron chi connectivity index (χ1n) is 8.74. The fraction of sp³-hybridized carbons (Fsp3) is 0.0909. The van der Waals surface area contributed by atoms with E-state index in [1.165, 1.54) is 11.8 Å². The van der Waals surface area contributed by atoms with Gasteiger partial charge < -0.3 is 10.1 Å². The summed E-state index contributed by atoms with van der Waals surface area (Å²) in [4.78, 5) is 17.6. The second-order valence-corrected chi connectivity index (χ2v) is 6.98. The van der Waals surface area contributed by atoms with E-state index in [4.69, 9.17) is 4.74 Å². The summed E-state index contributed by atoms with van der Waals surface area (Å²) in [6, 6.07) is 21.7. The molecular weight excluding hydrogens is 356 g/mol. The van der Waals surface area contributed by atoms with Crippen molar-refractivity contribution >= 4 is 45.4 Å². The molecule has 3 aromatic rings. The lowest BCUT2D eigenvalue weighted by molar-refractivity contribution is -0.115. The fourth-order valence-corrected chi connectivity index (χ4v) is 3.76. The first kappa shape index (κ1) is 17.4. The molecule has 1 aliphatic heterocycles. The first-order valence-corrected chi connectivity index (χ1v) is 9.55.